The molecule has 0 radical (unpaired) electrons. The predicted molar refractivity (Wildman–Crippen MR) is 89.8 cm³/mol. The van der Waals surface area contributed by atoms with Gasteiger partial charge in [0.2, 0.25) is 0 Å². The molecule has 2 N–H and O–H groups in total. The van der Waals surface area contributed by atoms with Crippen molar-refractivity contribution >= 4 is 17.8 Å². The molecule has 1 fully saturated rings. The highest BCUT2D eigenvalue weighted by atomic mass is 16.4. The van der Waals surface area contributed by atoms with E-state index in [4.69, 9.17) is 4.42 Å². The summed E-state index contributed by atoms with van der Waals surface area (Å²) in [6.45, 7) is 0.664. The minimum Gasteiger partial charge on any atom is -0.431 e. The highest BCUT2D eigenvalue weighted by Gasteiger charge is 2.17. The lowest BCUT2D eigenvalue weighted by Gasteiger charge is -2.21. The van der Waals surface area contributed by atoms with E-state index >= 15 is 0 Å². The van der Waals surface area contributed by atoms with Crippen LogP contribution < -0.4 is 10.6 Å². The lowest BCUT2D eigenvalue weighted by molar-refractivity contribution is 0.0937. The Hall–Kier alpha value is -2.63. The maximum atomic E-state index is 12.1. The molecule has 0 aliphatic heterocycles. The molecule has 0 atom stereocenters. The zero-order chi connectivity index (χ0) is 16.8. The standard InChI is InChI=1S/C18H21N3O3/c22-16(14-9-5-2-6-10-14)21-18-20-15(12-24-18)17(23)19-11-13-7-3-1-4-8-13/h2,5-6,9-10,12-13H,1,3-4,7-8,11H2,(H,19,23)(H,20,21,22). The first kappa shape index (κ1) is 16.2. The number of amides is 2. The van der Waals surface area contributed by atoms with Crippen LogP contribution in [0.4, 0.5) is 6.01 Å². The normalized spacial score (nSPS) is 15.0. The molecule has 2 aromatic rings. The molecule has 0 unspecified atom stereocenters. The lowest BCUT2D eigenvalue weighted by atomic mass is 9.89. The van der Waals surface area contributed by atoms with E-state index in [-0.39, 0.29) is 23.5 Å². The number of rotatable bonds is 5. The summed E-state index contributed by atoms with van der Waals surface area (Å²) in [7, 11) is 0. The van der Waals surface area contributed by atoms with Crippen LogP contribution >= 0.6 is 0 Å². The van der Waals surface area contributed by atoms with Crippen LogP contribution in [0.1, 0.15) is 53.0 Å². The molecule has 1 aliphatic rings. The van der Waals surface area contributed by atoms with E-state index in [0.29, 0.717) is 18.0 Å². The Balaban J connectivity index is 1.52. The van der Waals surface area contributed by atoms with Gasteiger partial charge in [0.1, 0.15) is 6.26 Å². The van der Waals surface area contributed by atoms with Crippen LogP contribution in [0.2, 0.25) is 0 Å². The SMILES string of the molecule is O=C(Nc1nc(C(=O)NCC2CCCCC2)co1)c1ccccc1. The van der Waals surface area contributed by atoms with Gasteiger partial charge in [0.15, 0.2) is 5.69 Å². The number of nitrogens with zero attached hydrogens (tertiary/aromatic N) is 1. The summed E-state index contributed by atoms with van der Waals surface area (Å²) in [6, 6.07) is 8.78. The quantitative estimate of drug-likeness (QED) is 0.883. The van der Waals surface area contributed by atoms with Gasteiger partial charge >= 0.3 is 6.01 Å². The summed E-state index contributed by atoms with van der Waals surface area (Å²) in [5.74, 6) is -0.0528. The third-order valence-corrected chi connectivity index (χ3v) is 4.27. The number of hydrogen-bond donors (Lipinski definition) is 2. The van der Waals surface area contributed by atoms with Crippen LogP contribution in [0.3, 0.4) is 0 Å². The summed E-state index contributed by atoms with van der Waals surface area (Å²) in [6.07, 6.45) is 7.35. The molecule has 126 valence electrons. The van der Waals surface area contributed by atoms with Gasteiger partial charge in [0, 0.05) is 12.1 Å². The van der Waals surface area contributed by atoms with Crippen molar-refractivity contribution in [2.75, 3.05) is 11.9 Å². The summed E-state index contributed by atoms with van der Waals surface area (Å²) in [5, 5.41) is 5.44. The number of carbonyl (C=O) groups excluding carboxylic acids is 2. The van der Waals surface area contributed by atoms with Gasteiger partial charge in [0.25, 0.3) is 11.8 Å². The summed E-state index contributed by atoms with van der Waals surface area (Å²) >= 11 is 0. The van der Waals surface area contributed by atoms with Crippen LogP contribution in [0.15, 0.2) is 41.0 Å². The molecule has 24 heavy (non-hydrogen) atoms. The topological polar surface area (TPSA) is 84.2 Å². The predicted octanol–water partition coefficient (Wildman–Crippen LogP) is 3.24. The fourth-order valence-corrected chi connectivity index (χ4v) is 2.91. The van der Waals surface area contributed by atoms with Gasteiger partial charge in [-0.1, -0.05) is 37.5 Å². The van der Waals surface area contributed by atoms with Crippen molar-refractivity contribution in [1.29, 1.82) is 0 Å². The number of hydrogen-bond acceptors (Lipinski definition) is 4. The van der Waals surface area contributed by atoms with E-state index in [1.165, 1.54) is 25.5 Å². The molecule has 0 spiro atoms. The maximum absolute atomic E-state index is 12.1. The summed E-state index contributed by atoms with van der Waals surface area (Å²) in [5.41, 5.74) is 0.674. The highest BCUT2D eigenvalue weighted by Crippen LogP contribution is 2.22. The van der Waals surface area contributed by atoms with Crippen LogP contribution in [-0.4, -0.2) is 23.3 Å². The molecule has 6 heteroatoms. The molecule has 2 amide bonds. The maximum Gasteiger partial charge on any atom is 0.302 e. The molecule has 0 saturated heterocycles. The third-order valence-electron chi connectivity index (χ3n) is 4.27. The first-order chi connectivity index (χ1) is 11.7. The Morgan fingerprint density at radius 1 is 1.08 bits per heavy atom. The second-order valence-corrected chi connectivity index (χ2v) is 6.07. The second-order valence-electron chi connectivity index (χ2n) is 6.07. The van der Waals surface area contributed by atoms with Crippen molar-refractivity contribution in [2.24, 2.45) is 5.92 Å². The van der Waals surface area contributed by atoms with Gasteiger partial charge in [0.05, 0.1) is 0 Å². The zero-order valence-electron chi connectivity index (χ0n) is 13.5. The smallest absolute Gasteiger partial charge is 0.302 e. The number of nitrogens with one attached hydrogen (secondary N) is 2. The van der Waals surface area contributed by atoms with E-state index in [9.17, 15) is 9.59 Å². The van der Waals surface area contributed by atoms with Crippen LogP contribution in [-0.2, 0) is 0 Å². The largest absolute Gasteiger partial charge is 0.431 e. The molecule has 1 heterocycles. The lowest BCUT2D eigenvalue weighted by Crippen LogP contribution is -2.30. The number of benzene rings is 1. The Morgan fingerprint density at radius 3 is 2.58 bits per heavy atom. The number of aromatic nitrogens is 1. The minimum atomic E-state index is -0.327. The molecule has 1 saturated carbocycles. The Bertz CT molecular complexity index is 691. The summed E-state index contributed by atoms with van der Waals surface area (Å²) in [4.78, 5) is 28.2. The van der Waals surface area contributed by atoms with Gasteiger partial charge in [-0.15, -0.1) is 0 Å². The van der Waals surface area contributed by atoms with Crippen LogP contribution in [0.5, 0.6) is 0 Å². The minimum absolute atomic E-state index is 0.0201. The van der Waals surface area contributed by atoms with Crippen molar-refractivity contribution in [3.05, 3.63) is 47.9 Å². The van der Waals surface area contributed by atoms with E-state index in [0.717, 1.165) is 12.8 Å². The van der Waals surface area contributed by atoms with E-state index in [1.54, 1.807) is 24.3 Å². The van der Waals surface area contributed by atoms with Crippen molar-refractivity contribution in [1.82, 2.24) is 10.3 Å². The molecule has 0 bridgehead atoms. The molecule has 6 nitrogen and oxygen atoms in total. The van der Waals surface area contributed by atoms with Crippen LogP contribution in [0.25, 0.3) is 0 Å². The molecule has 3 rings (SSSR count). The van der Waals surface area contributed by atoms with Crippen molar-refractivity contribution in [2.45, 2.75) is 32.1 Å². The Labute approximate surface area is 140 Å². The van der Waals surface area contributed by atoms with E-state index in [2.05, 4.69) is 15.6 Å². The van der Waals surface area contributed by atoms with Crippen molar-refractivity contribution in [3.8, 4) is 0 Å². The van der Waals surface area contributed by atoms with Gasteiger partial charge < -0.3 is 9.73 Å². The number of anilines is 1. The monoisotopic (exact) mass is 327 g/mol. The average molecular weight is 327 g/mol. The zero-order valence-corrected chi connectivity index (χ0v) is 13.5. The van der Waals surface area contributed by atoms with Crippen molar-refractivity contribution in [3.63, 3.8) is 0 Å². The molecule has 1 aromatic heterocycles. The molecular formula is C18H21N3O3. The van der Waals surface area contributed by atoms with Gasteiger partial charge in [-0.2, -0.15) is 4.98 Å². The first-order valence-electron chi connectivity index (χ1n) is 8.32. The van der Waals surface area contributed by atoms with Crippen LogP contribution in [0, 0.1) is 5.92 Å². The second kappa shape index (κ2) is 7.77. The van der Waals surface area contributed by atoms with Gasteiger partial charge in [-0.25, -0.2) is 0 Å². The average Bonchev–Trinajstić information content (AvgIpc) is 3.10. The van der Waals surface area contributed by atoms with E-state index < -0.39 is 0 Å². The molecule has 1 aromatic carbocycles. The summed E-state index contributed by atoms with van der Waals surface area (Å²) < 4.78 is 5.17. The molecule has 1 aliphatic carbocycles. The first-order valence-corrected chi connectivity index (χ1v) is 8.32. The highest BCUT2D eigenvalue weighted by molar-refractivity contribution is 6.03. The van der Waals surface area contributed by atoms with Crippen molar-refractivity contribution < 1.29 is 14.0 Å². The fraction of sp³-hybridized carbons (Fsp3) is 0.389. The molecular weight excluding hydrogens is 306 g/mol. The van der Waals surface area contributed by atoms with Gasteiger partial charge in [-0.3, -0.25) is 14.9 Å². The van der Waals surface area contributed by atoms with Gasteiger partial charge in [-0.05, 0) is 30.9 Å². The van der Waals surface area contributed by atoms with E-state index in [1.807, 2.05) is 6.07 Å². The number of carbonyl (C=O) groups is 2. The number of oxazole rings is 1. The fourth-order valence-electron chi connectivity index (χ4n) is 2.91. The third kappa shape index (κ3) is 4.22. The Kier molecular flexibility index (Phi) is 5.25. The Morgan fingerprint density at radius 2 is 1.83 bits per heavy atom.